The van der Waals surface area contributed by atoms with E-state index in [1.165, 1.54) is 0 Å². The Balaban J connectivity index is 1.73. The molecule has 0 spiro atoms. The fourth-order valence-corrected chi connectivity index (χ4v) is 2.49. The van der Waals surface area contributed by atoms with Gasteiger partial charge in [-0.15, -0.1) is 11.3 Å². The summed E-state index contributed by atoms with van der Waals surface area (Å²) in [4.78, 5) is 21.4. The second-order valence-electron chi connectivity index (χ2n) is 4.82. The quantitative estimate of drug-likeness (QED) is 0.512. The summed E-state index contributed by atoms with van der Waals surface area (Å²) in [6.45, 7) is 5.81. The summed E-state index contributed by atoms with van der Waals surface area (Å²) < 4.78 is 0. The van der Waals surface area contributed by atoms with Gasteiger partial charge in [0.15, 0.2) is 0 Å². The molecule has 0 radical (unpaired) electrons. The molecule has 0 bridgehead atoms. The van der Waals surface area contributed by atoms with E-state index < -0.39 is 0 Å². The fraction of sp³-hybridized carbons (Fsp3) is 0.312. The number of thiophene rings is 1. The molecular formula is C16H21N5OS. The largest absolute Gasteiger partial charge is 0.368 e. The molecule has 0 aliphatic carbocycles. The van der Waals surface area contributed by atoms with Gasteiger partial charge in [-0.25, -0.2) is 4.98 Å². The number of rotatable bonds is 8. The zero-order valence-corrected chi connectivity index (χ0v) is 14.1. The van der Waals surface area contributed by atoms with Crippen LogP contribution in [0.2, 0.25) is 0 Å². The number of amides is 1. The average Bonchev–Trinajstić information content (AvgIpc) is 3.03. The van der Waals surface area contributed by atoms with Crippen LogP contribution < -0.4 is 16.0 Å². The summed E-state index contributed by atoms with van der Waals surface area (Å²) in [7, 11) is 0. The third-order valence-electron chi connectivity index (χ3n) is 2.86. The summed E-state index contributed by atoms with van der Waals surface area (Å²) >= 11 is 1.60. The Kier molecular flexibility index (Phi) is 6.56. The highest BCUT2D eigenvalue weighted by Crippen LogP contribution is 2.10. The fourth-order valence-electron chi connectivity index (χ4n) is 1.88. The van der Waals surface area contributed by atoms with Crippen LogP contribution in [0.4, 0.5) is 11.8 Å². The third-order valence-corrected chi connectivity index (χ3v) is 3.70. The first-order chi connectivity index (χ1) is 11.2. The molecule has 0 unspecified atom stereocenters. The second kappa shape index (κ2) is 8.89. The first-order valence-corrected chi connectivity index (χ1v) is 8.38. The summed E-state index contributed by atoms with van der Waals surface area (Å²) in [6, 6.07) is 5.80. The maximum Gasteiger partial charge on any atom is 0.244 e. The molecule has 1 amide bonds. The summed E-state index contributed by atoms with van der Waals surface area (Å²) in [5, 5.41) is 11.1. The van der Waals surface area contributed by atoms with Gasteiger partial charge in [0.1, 0.15) is 5.82 Å². The summed E-state index contributed by atoms with van der Waals surface area (Å²) in [6.07, 6.45) is 3.36. The maximum atomic E-state index is 11.7. The Hall–Kier alpha value is -2.41. The molecule has 2 rings (SSSR count). The van der Waals surface area contributed by atoms with Gasteiger partial charge in [0.2, 0.25) is 11.9 Å². The lowest BCUT2D eigenvalue weighted by atomic mass is 10.4. The molecule has 3 N–H and O–H groups in total. The van der Waals surface area contributed by atoms with E-state index in [1.54, 1.807) is 17.4 Å². The Labute approximate surface area is 140 Å². The van der Waals surface area contributed by atoms with E-state index in [2.05, 4.69) is 25.9 Å². The van der Waals surface area contributed by atoms with Gasteiger partial charge < -0.3 is 16.0 Å². The Bertz CT molecular complexity index is 654. The van der Waals surface area contributed by atoms with Crippen molar-refractivity contribution in [3.05, 3.63) is 40.2 Å². The predicted molar refractivity (Wildman–Crippen MR) is 95.8 cm³/mol. The molecule has 0 saturated carbocycles. The first-order valence-electron chi connectivity index (χ1n) is 7.50. The van der Waals surface area contributed by atoms with E-state index in [0.29, 0.717) is 19.0 Å². The molecule has 0 fully saturated rings. The topological polar surface area (TPSA) is 78.9 Å². The molecule has 2 aromatic rings. The van der Waals surface area contributed by atoms with Crippen LogP contribution in [0.1, 0.15) is 17.5 Å². The van der Waals surface area contributed by atoms with Crippen molar-refractivity contribution in [3.63, 3.8) is 0 Å². The number of hydrogen-bond acceptors (Lipinski definition) is 6. The van der Waals surface area contributed by atoms with Crippen LogP contribution >= 0.6 is 11.3 Å². The van der Waals surface area contributed by atoms with Crippen molar-refractivity contribution in [2.45, 2.75) is 13.8 Å². The van der Waals surface area contributed by atoms with Gasteiger partial charge in [0.05, 0.1) is 0 Å². The van der Waals surface area contributed by atoms with Crippen LogP contribution in [0, 0.1) is 6.92 Å². The highest BCUT2D eigenvalue weighted by atomic mass is 32.1. The van der Waals surface area contributed by atoms with Crippen LogP contribution in [0.5, 0.6) is 0 Å². The van der Waals surface area contributed by atoms with Crippen LogP contribution in [0.3, 0.4) is 0 Å². The number of carbonyl (C=O) groups is 1. The van der Waals surface area contributed by atoms with Crippen molar-refractivity contribution >= 4 is 35.1 Å². The van der Waals surface area contributed by atoms with E-state index in [-0.39, 0.29) is 5.91 Å². The number of carbonyl (C=O) groups excluding carboxylic acids is 1. The Morgan fingerprint density at radius 1 is 1.30 bits per heavy atom. The van der Waals surface area contributed by atoms with Crippen molar-refractivity contribution in [2.24, 2.45) is 0 Å². The minimum Gasteiger partial charge on any atom is -0.368 e. The van der Waals surface area contributed by atoms with Crippen molar-refractivity contribution < 1.29 is 4.79 Å². The van der Waals surface area contributed by atoms with Crippen LogP contribution in [0.15, 0.2) is 29.7 Å². The highest BCUT2D eigenvalue weighted by molar-refractivity contribution is 7.10. The number of aryl methyl sites for hydroxylation is 1. The molecule has 6 nitrogen and oxygen atoms in total. The van der Waals surface area contributed by atoms with E-state index in [1.807, 2.05) is 43.5 Å². The molecule has 0 atom stereocenters. The predicted octanol–water partition coefficient (Wildman–Crippen LogP) is 2.52. The molecule has 0 aliphatic heterocycles. The lowest BCUT2D eigenvalue weighted by Gasteiger charge is -2.09. The number of nitrogens with zero attached hydrogens (tertiary/aromatic N) is 2. The number of nitrogens with one attached hydrogen (secondary N) is 3. The normalized spacial score (nSPS) is 10.7. The standard InChI is InChI=1S/C16H21N5OS/c1-3-17-16-20-12(2)11-14(21-16)18-8-9-19-15(22)7-6-13-5-4-10-23-13/h4-7,10-11H,3,8-9H2,1-2H3,(H,19,22)(H2,17,18,20,21)/b7-6+. The van der Waals surface area contributed by atoms with Crippen molar-refractivity contribution in [1.82, 2.24) is 15.3 Å². The molecule has 0 aromatic carbocycles. The van der Waals surface area contributed by atoms with Crippen molar-refractivity contribution in [2.75, 3.05) is 30.3 Å². The maximum absolute atomic E-state index is 11.7. The molecule has 0 aliphatic rings. The first kappa shape index (κ1) is 17.0. The van der Waals surface area contributed by atoms with Gasteiger partial charge in [-0.05, 0) is 31.4 Å². The summed E-state index contributed by atoms with van der Waals surface area (Å²) in [5.41, 5.74) is 0.890. The highest BCUT2D eigenvalue weighted by Gasteiger charge is 2.01. The smallest absolute Gasteiger partial charge is 0.244 e. The van der Waals surface area contributed by atoms with E-state index in [0.717, 1.165) is 22.9 Å². The zero-order valence-electron chi connectivity index (χ0n) is 13.3. The van der Waals surface area contributed by atoms with E-state index >= 15 is 0 Å². The zero-order chi connectivity index (χ0) is 16.5. The SMILES string of the molecule is CCNc1nc(C)cc(NCCNC(=O)/C=C/c2cccs2)n1. The lowest BCUT2D eigenvalue weighted by molar-refractivity contribution is -0.116. The van der Waals surface area contributed by atoms with E-state index in [9.17, 15) is 4.79 Å². The van der Waals surface area contributed by atoms with Gasteiger partial charge in [0, 0.05) is 42.3 Å². The number of aromatic nitrogens is 2. The Morgan fingerprint density at radius 2 is 2.17 bits per heavy atom. The molecule has 23 heavy (non-hydrogen) atoms. The third kappa shape index (κ3) is 6.07. The molecule has 0 saturated heterocycles. The van der Waals surface area contributed by atoms with Gasteiger partial charge in [-0.2, -0.15) is 4.98 Å². The molecule has 122 valence electrons. The molecular weight excluding hydrogens is 310 g/mol. The summed E-state index contributed by atoms with van der Waals surface area (Å²) in [5.74, 6) is 1.25. The van der Waals surface area contributed by atoms with Crippen LogP contribution in [0.25, 0.3) is 6.08 Å². The molecule has 2 aromatic heterocycles. The minimum atomic E-state index is -0.104. The monoisotopic (exact) mass is 331 g/mol. The van der Waals surface area contributed by atoms with E-state index in [4.69, 9.17) is 0 Å². The number of anilines is 2. The van der Waals surface area contributed by atoms with Crippen LogP contribution in [-0.4, -0.2) is 35.5 Å². The van der Waals surface area contributed by atoms with Crippen molar-refractivity contribution in [1.29, 1.82) is 0 Å². The second-order valence-corrected chi connectivity index (χ2v) is 5.79. The van der Waals surface area contributed by atoms with Crippen molar-refractivity contribution in [3.8, 4) is 0 Å². The van der Waals surface area contributed by atoms with Crippen LogP contribution in [-0.2, 0) is 4.79 Å². The van der Waals surface area contributed by atoms with Gasteiger partial charge in [-0.1, -0.05) is 6.07 Å². The van der Waals surface area contributed by atoms with Gasteiger partial charge in [-0.3, -0.25) is 4.79 Å². The van der Waals surface area contributed by atoms with Gasteiger partial charge >= 0.3 is 0 Å². The lowest BCUT2D eigenvalue weighted by Crippen LogP contribution is -2.27. The van der Waals surface area contributed by atoms with Gasteiger partial charge in [0.25, 0.3) is 0 Å². The molecule has 2 heterocycles. The minimum absolute atomic E-state index is 0.104. The number of hydrogen-bond donors (Lipinski definition) is 3. The molecule has 7 heteroatoms. The Morgan fingerprint density at radius 3 is 2.91 bits per heavy atom. The average molecular weight is 331 g/mol.